The van der Waals surface area contributed by atoms with Gasteiger partial charge in [0.05, 0.1) is 10.6 Å². The van der Waals surface area contributed by atoms with Crippen LogP contribution in [0.3, 0.4) is 0 Å². The Kier molecular flexibility index (Phi) is 6.24. The predicted octanol–water partition coefficient (Wildman–Crippen LogP) is 5.00. The largest absolute Gasteiger partial charge is 0.446 e. The highest BCUT2D eigenvalue weighted by molar-refractivity contribution is 7.92. The van der Waals surface area contributed by atoms with Gasteiger partial charge in [0.2, 0.25) is 0 Å². The highest BCUT2D eigenvalue weighted by Crippen LogP contribution is 2.58. The van der Waals surface area contributed by atoms with Gasteiger partial charge in [0.1, 0.15) is 16.7 Å². The lowest BCUT2D eigenvalue weighted by molar-refractivity contribution is -0.350. The van der Waals surface area contributed by atoms with Crippen molar-refractivity contribution in [2.24, 2.45) is 11.7 Å². The topological polar surface area (TPSA) is 99.4 Å². The molecule has 0 bridgehead atoms. The average Bonchev–Trinajstić information content (AvgIpc) is 3.16. The number of ether oxygens (including phenoxy) is 1. The fourth-order valence-electron chi connectivity index (χ4n) is 5.40. The number of benzene rings is 1. The zero-order valence-corrected chi connectivity index (χ0v) is 19.4. The van der Waals surface area contributed by atoms with Crippen LogP contribution in [0.2, 0.25) is 0 Å². The zero-order chi connectivity index (χ0) is 27.6. The van der Waals surface area contributed by atoms with Crippen molar-refractivity contribution in [2.75, 3.05) is 0 Å². The maximum Gasteiger partial charge on any atom is 0.437 e. The van der Waals surface area contributed by atoms with Gasteiger partial charge >= 0.3 is 24.1 Å². The normalized spacial score (nSPS) is 24.3. The number of hydrogen-bond acceptors (Lipinski definition) is 5. The molecule has 15 heteroatoms. The Hall–Kier alpha value is -2.97. The molecule has 2 aromatic rings. The van der Waals surface area contributed by atoms with Gasteiger partial charge in [0, 0.05) is 11.6 Å². The van der Waals surface area contributed by atoms with Crippen molar-refractivity contribution in [3.63, 3.8) is 0 Å². The number of pyridine rings is 1. The van der Waals surface area contributed by atoms with Crippen molar-refractivity contribution in [1.29, 1.82) is 0 Å². The van der Waals surface area contributed by atoms with Crippen LogP contribution in [-0.4, -0.2) is 38.0 Å². The first-order chi connectivity index (χ1) is 17.0. The van der Waals surface area contributed by atoms with Crippen LogP contribution < -0.4 is 5.73 Å². The van der Waals surface area contributed by atoms with Crippen molar-refractivity contribution < 1.29 is 53.1 Å². The van der Waals surface area contributed by atoms with Gasteiger partial charge in [-0.3, -0.25) is 4.98 Å². The summed E-state index contributed by atoms with van der Waals surface area (Å²) in [7, 11) is -4.54. The second kappa shape index (κ2) is 8.53. The summed E-state index contributed by atoms with van der Waals surface area (Å²) >= 11 is 0. The molecule has 2 aliphatic carbocycles. The molecule has 6 nitrogen and oxygen atoms in total. The number of sulfone groups is 1. The number of nitrogens with zero attached hydrogens (tertiary/aromatic N) is 1. The van der Waals surface area contributed by atoms with Crippen LogP contribution in [0.25, 0.3) is 0 Å². The van der Waals surface area contributed by atoms with E-state index in [2.05, 4.69) is 4.98 Å². The van der Waals surface area contributed by atoms with E-state index in [1.165, 1.54) is 0 Å². The molecule has 2 aliphatic rings. The number of alkyl halides is 7. The van der Waals surface area contributed by atoms with Gasteiger partial charge in [0.25, 0.3) is 0 Å². The Bertz CT molecular complexity index is 1310. The monoisotopic (exact) mass is 558 g/mol. The summed E-state index contributed by atoms with van der Waals surface area (Å²) in [6.45, 7) is 0. The molecule has 1 heterocycles. The van der Waals surface area contributed by atoms with E-state index in [0.717, 1.165) is 24.3 Å². The molecule has 3 unspecified atom stereocenters. The van der Waals surface area contributed by atoms with Crippen LogP contribution in [0, 0.1) is 11.7 Å². The van der Waals surface area contributed by atoms with Gasteiger partial charge in [-0.25, -0.2) is 22.0 Å². The van der Waals surface area contributed by atoms with Crippen LogP contribution in [0.15, 0.2) is 41.3 Å². The summed E-state index contributed by atoms with van der Waals surface area (Å²) in [5.41, 5.74) is -3.42. The molecule has 1 aromatic heterocycles. The van der Waals surface area contributed by atoms with Crippen LogP contribution in [0.1, 0.15) is 36.2 Å². The number of amides is 1. The maximum atomic E-state index is 14.7. The standard InChI is InChI=1S/C22H18F8N2O4S/c23-11-1-3-12(4-2-11)37(34,35)19-10-9-16(36-18(31)33)14(19)5-7-15-13(19)6-8-17(32-15)20(24,21(25,26)27)22(28,29)30/h1-4,6,8,14,16H,5,7,9-10H2,(H2,31,33). The number of fused-ring (bicyclic) bond motifs is 3. The molecule has 4 rings (SSSR count). The predicted molar refractivity (Wildman–Crippen MR) is 110 cm³/mol. The Balaban J connectivity index is 1.95. The lowest BCUT2D eigenvalue weighted by Gasteiger charge is -2.41. The highest BCUT2D eigenvalue weighted by atomic mass is 32.2. The van der Waals surface area contributed by atoms with E-state index in [1.807, 2.05) is 0 Å². The van der Waals surface area contributed by atoms with Crippen LogP contribution in [0.5, 0.6) is 0 Å². The fourth-order valence-corrected chi connectivity index (χ4v) is 7.85. The Morgan fingerprint density at radius 1 is 0.973 bits per heavy atom. The molecule has 1 saturated carbocycles. The Morgan fingerprint density at radius 2 is 1.57 bits per heavy atom. The van der Waals surface area contributed by atoms with E-state index < -0.39 is 67.9 Å². The molecule has 37 heavy (non-hydrogen) atoms. The molecule has 0 saturated heterocycles. The summed E-state index contributed by atoms with van der Waals surface area (Å²) in [6.07, 6.45) is -15.9. The second-order valence-electron chi connectivity index (χ2n) is 8.85. The molecule has 1 amide bonds. The molecule has 0 aliphatic heterocycles. The minimum atomic E-state index is -6.41. The average molecular weight is 558 g/mol. The van der Waals surface area contributed by atoms with E-state index in [9.17, 15) is 48.3 Å². The van der Waals surface area contributed by atoms with Gasteiger partial charge < -0.3 is 10.5 Å². The number of primary amides is 1. The first-order valence-electron chi connectivity index (χ1n) is 10.8. The van der Waals surface area contributed by atoms with Gasteiger partial charge in [-0.1, -0.05) is 6.07 Å². The van der Waals surface area contributed by atoms with Gasteiger partial charge in [-0.05, 0) is 61.6 Å². The van der Waals surface area contributed by atoms with E-state index in [4.69, 9.17) is 10.5 Å². The smallest absolute Gasteiger partial charge is 0.437 e. The van der Waals surface area contributed by atoms with Crippen LogP contribution in [-0.2, 0) is 31.4 Å². The summed E-state index contributed by atoms with van der Waals surface area (Å²) in [4.78, 5) is 14.4. The van der Waals surface area contributed by atoms with Crippen molar-refractivity contribution in [3.05, 3.63) is 59.2 Å². The fraction of sp³-hybridized carbons (Fsp3) is 0.455. The first kappa shape index (κ1) is 27.1. The molecule has 1 fully saturated rings. The number of halogens is 8. The number of carbonyl (C=O) groups excluding carboxylic acids is 1. The molecular weight excluding hydrogens is 540 g/mol. The van der Waals surface area contributed by atoms with Crippen molar-refractivity contribution in [1.82, 2.24) is 4.98 Å². The number of nitrogens with two attached hydrogens (primary N) is 1. The highest BCUT2D eigenvalue weighted by Gasteiger charge is 2.75. The quantitative estimate of drug-likeness (QED) is 0.421. The molecule has 202 valence electrons. The first-order valence-corrected chi connectivity index (χ1v) is 12.2. The Labute approximate surface area is 204 Å². The lowest BCUT2D eigenvalue weighted by Crippen LogP contribution is -2.51. The number of aryl methyl sites for hydroxylation is 1. The van der Waals surface area contributed by atoms with Gasteiger partial charge in [-0.15, -0.1) is 0 Å². The number of rotatable bonds is 4. The summed E-state index contributed by atoms with van der Waals surface area (Å²) in [5.74, 6) is -1.78. The molecule has 1 aromatic carbocycles. The van der Waals surface area contributed by atoms with Gasteiger partial charge in [-0.2, -0.15) is 26.3 Å². The molecule has 2 N–H and O–H groups in total. The van der Waals surface area contributed by atoms with Crippen LogP contribution >= 0.6 is 0 Å². The molecular formula is C22H18F8N2O4S. The van der Waals surface area contributed by atoms with Gasteiger partial charge in [0.15, 0.2) is 9.84 Å². The third kappa shape index (κ3) is 3.92. The van der Waals surface area contributed by atoms with E-state index in [1.54, 1.807) is 0 Å². The summed E-state index contributed by atoms with van der Waals surface area (Å²) < 4.78 is 139. The zero-order valence-electron chi connectivity index (χ0n) is 18.5. The minimum Gasteiger partial charge on any atom is -0.446 e. The molecule has 0 spiro atoms. The van der Waals surface area contributed by atoms with E-state index >= 15 is 0 Å². The SMILES string of the molecule is NC(=O)OC1CCC2(S(=O)(=O)c3ccc(F)cc3)c3ccc(C(F)(C(F)(F)F)C(F)(F)F)nc3CCC12. The number of carbonyl (C=O) groups is 1. The van der Waals surface area contributed by atoms with E-state index in [0.29, 0.717) is 6.07 Å². The third-order valence-corrected chi connectivity index (χ3v) is 9.55. The number of hydrogen-bond donors (Lipinski definition) is 1. The van der Waals surface area contributed by atoms with E-state index in [-0.39, 0.29) is 42.2 Å². The number of aromatic nitrogens is 1. The minimum absolute atomic E-state index is 0.0621. The Morgan fingerprint density at radius 3 is 2.11 bits per heavy atom. The second-order valence-corrected chi connectivity index (χ2v) is 11.1. The maximum absolute atomic E-state index is 14.7. The lowest BCUT2D eigenvalue weighted by atomic mass is 9.77. The summed E-state index contributed by atoms with van der Waals surface area (Å²) in [5, 5.41) is 0. The van der Waals surface area contributed by atoms with Crippen molar-refractivity contribution in [3.8, 4) is 0 Å². The van der Waals surface area contributed by atoms with Crippen molar-refractivity contribution in [2.45, 2.75) is 59.5 Å². The van der Waals surface area contributed by atoms with Crippen LogP contribution in [0.4, 0.5) is 39.9 Å². The molecule has 3 atom stereocenters. The molecule has 0 radical (unpaired) electrons. The van der Waals surface area contributed by atoms with Crippen molar-refractivity contribution >= 4 is 15.9 Å². The third-order valence-electron chi connectivity index (χ3n) is 6.98. The summed E-state index contributed by atoms with van der Waals surface area (Å²) in [6, 6.07) is 4.47.